The molecule has 4 nitrogen and oxygen atoms in total. The molecular formula is C6H12N2O2. The van der Waals surface area contributed by atoms with Crippen LogP contribution in [0, 0.1) is 0 Å². The Hall–Kier alpha value is -0.740. The third-order valence-electron chi connectivity index (χ3n) is 1.10. The first-order valence-electron chi connectivity index (χ1n) is 3.07. The second-order valence-corrected chi connectivity index (χ2v) is 2.19. The van der Waals surface area contributed by atoms with Crippen LogP contribution in [0.25, 0.3) is 0 Å². The van der Waals surface area contributed by atoms with Gasteiger partial charge in [-0.2, -0.15) is 0 Å². The van der Waals surface area contributed by atoms with Gasteiger partial charge in [-0.25, -0.2) is 0 Å². The van der Waals surface area contributed by atoms with Crippen LogP contribution >= 0.6 is 0 Å². The normalized spacial score (nSPS) is 10.0. The predicted octanol–water partition coefficient (Wildman–Crippen LogP) is -0.832. The zero-order chi connectivity index (χ0) is 8.15. The number of carbonyl (C=O) groups is 2. The van der Waals surface area contributed by atoms with Gasteiger partial charge in [0.1, 0.15) is 11.9 Å². The van der Waals surface area contributed by atoms with Crippen LogP contribution in [-0.2, 0) is 9.59 Å². The van der Waals surface area contributed by atoms with Gasteiger partial charge < -0.3 is 16.3 Å². The third-order valence-corrected chi connectivity index (χ3v) is 1.10. The quantitative estimate of drug-likeness (QED) is 0.504. The minimum Gasteiger partial charge on any atom is -0.310 e. The van der Waals surface area contributed by atoms with Crippen molar-refractivity contribution in [3.8, 4) is 0 Å². The van der Waals surface area contributed by atoms with E-state index in [-0.39, 0.29) is 24.4 Å². The summed E-state index contributed by atoms with van der Waals surface area (Å²) < 4.78 is 0. The number of hydrogen-bond donors (Lipinski definition) is 2. The molecule has 0 unspecified atom stereocenters. The number of ketones is 2. The first-order chi connectivity index (χ1) is 4.54. The number of Topliss-reactive ketones (excluding diaryl/α,β-unsaturated/α-hetero) is 2. The molecule has 0 aliphatic carbocycles. The van der Waals surface area contributed by atoms with Crippen molar-refractivity contribution in [3.05, 3.63) is 0 Å². The van der Waals surface area contributed by atoms with E-state index in [0.717, 1.165) is 0 Å². The molecule has 0 saturated carbocycles. The van der Waals surface area contributed by atoms with Crippen LogP contribution in [0.3, 0.4) is 0 Å². The van der Waals surface area contributed by atoms with Crippen molar-refractivity contribution in [2.45, 2.75) is 25.9 Å². The highest BCUT2D eigenvalue weighted by Gasteiger charge is 2.07. The summed E-state index contributed by atoms with van der Waals surface area (Å²) in [7, 11) is 0. The standard InChI is InChI=1S/C6H12N2O2/c1-4(9)2-3-5(10)6(7)8/h6H,2-3,7-8H2,1H3. The SMILES string of the molecule is CC(=O)CCC(=O)C(N)N. The second-order valence-electron chi connectivity index (χ2n) is 2.19. The fourth-order valence-electron chi connectivity index (χ4n) is 0.466. The molecule has 0 saturated heterocycles. The van der Waals surface area contributed by atoms with Crippen molar-refractivity contribution in [2.75, 3.05) is 0 Å². The van der Waals surface area contributed by atoms with Crippen molar-refractivity contribution >= 4 is 11.6 Å². The van der Waals surface area contributed by atoms with Gasteiger partial charge in [0.25, 0.3) is 0 Å². The van der Waals surface area contributed by atoms with E-state index in [1.165, 1.54) is 6.92 Å². The van der Waals surface area contributed by atoms with E-state index in [1.54, 1.807) is 0 Å². The van der Waals surface area contributed by atoms with Crippen LogP contribution in [0.1, 0.15) is 19.8 Å². The highest BCUT2D eigenvalue weighted by Crippen LogP contribution is 1.91. The Kier molecular flexibility index (Phi) is 3.83. The Labute approximate surface area is 59.6 Å². The van der Waals surface area contributed by atoms with Crippen molar-refractivity contribution in [1.29, 1.82) is 0 Å². The van der Waals surface area contributed by atoms with Crippen LogP contribution in [0.15, 0.2) is 0 Å². The predicted molar refractivity (Wildman–Crippen MR) is 37.1 cm³/mol. The van der Waals surface area contributed by atoms with Crippen molar-refractivity contribution in [2.24, 2.45) is 11.5 Å². The molecule has 0 aliphatic rings. The smallest absolute Gasteiger partial charge is 0.164 e. The van der Waals surface area contributed by atoms with E-state index >= 15 is 0 Å². The molecule has 4 heteroatoms. The fraction of sp³-hybridized carbons (Fsp3) is 0.667. The molecule has 0 aromatic carbocycles. The van der Waals surface area contributed by atoms with Crippen LogP contribution in [-0.4, -0.2) is 17.7 Å². The Morgan fingerprint density at radius 1 is 1.30 bits per heavy atom. The minimum absolute atomic E-state index is 0.0194. The van der Waals surface area contributed by atoms with Gasteiger partial charge in [-0.15, -0.1) is 0 Å². The number of carbonyl (C=O) groups excluding carboxylic acids is 2. The summed E-state index contributed by atoms with van der Waals surface area (Å²) in [6.45, 7) is 1.43. The van der Waals surface area contributed by atoms with Gasteiger partial charge in [0.15, 0.2) is 5.78 Å². The minimum atomic E-state index is -0.931. The molecule has 0 spiro atoms. The van der Waals surface area contributed by atoms with E-state index in [2.05, 4.69) is 0 Å². The summed E-state index contributed by atoms with van der Waals surface area (Å²) in [5, 5.41) is 0. The molecule has 0 bridgehead atoms. The maximum Gasteiger partial charge on any atom is 0.164 e. The van der Waals surface area contributed by atoms with Gasteiger partial charge in [0.2, 0.25) is 0 Å². The van der Waals surface area contributed by atoms with Gasteiger partial charge in [-0.3, -0.25) is 4.79 Å². The van der Waals surface area contributed by atoms with Crippen LogP contribution in [0.5, 0.6) is 0 Å². The lowest BCUT2D eigenvalue weighted by molar-refractivity contribution is -0.124. The molecule has 0 amide bonds. The number of rotatable bonds is 4. The van der Waals surface area contributed by atoms with Gasteiger partial charge in [-0.1, -0.05) is 0 Å². The highest BCUT2D eigenvalue weighted by atomic mass is 16.1. The lowest BCUT2D eigenvalue weighted by Crippen LogP contribution is -2.39. The monoisotopic (exact) mass is 144 g/mol. The highest BCUT2D eigenvalue weighted by molar-refractivity contribution is 5.87. The summed E-state index contributed by atoms with van der Waals surface area (Å²) in [6.07, 6.45) is -0.532. The fourth-order valence-corrected chi connectivity index (χ4v) is 0.466. The summed E-state index contributed by atoms with van der Waals surface area (Å²) >= 11 is 0. The van der Waals surface area contributed by atoms with Crippen LogP contribution in [0.4, 0.5) is 0 Å². The van der Waals surface area contributed by atoms with E-state index in [4.69, 9.17) is 11.5 Å². The van der Waals surface area contributed by atoms with Crippen molar-refractivity contribution < 1.29 is 9.59 Å². The summed E-state index contributed by atoms with van der Waals surface area (Å²) in [5.74, 6) is -0.288. The average molecular weight is 144 g/mol. The molecular weight excluding hydrogens is 132 g/mol. The largest absolute Gasteiger partial charge is 0.310 e. The van der Waals surface area contributed by atoms with E-state index in [1.807, 2.05) is 0 Å². The Morgan fingerprint density at radius 3 is 2.10 bits per heavy atom. The summed E-state index contributed by atoms with van der Waals surface area (Å²) in [4.78, 5) is 21.0. The summed E-state index contributed by atoms with van der Waals surface area (Å²) in [5.41, 5.74) is 10.1. The van der Waals surface area contributed by atoms with Gasteiger partial charge in [-0.05, 0) is 6.92 Å². The van der Waals surface area contributed by atoms with Crippen molar-refractivity contribution in [3.63, 3.8) is 0 Å². The lowest BCUT2D eigenvalue weighted by atomic mass is 10.1. The first-order valence-corrected chi connectivity index (χ1v) is 3.07. The second kappa shape index (κ2) is 4.14. The number of nitrogens with two attached hydrogens (primary N) is 2. The summed E-state index contributed by atoms with van der Waals surface area (Å²) in [6, 6.07) is 0. The molecule has 58 valence electrons. The number of hydrogen-bond acceptors (Lipinski definition) is 4. The molecule has 10 heavy (non-hydrogen) atoms. The topological polar surface area (TPSA) is 86.2 Å². The van der Waals surface area contributed by atoms with Crippen LogP contribution < -0.4 is 11.5 Å². The van der Waals surface area contributed by atoms with E-state index in [9.17, 15) is 9.59 Å². The molecule has 0 heterocycles. The van der Waals surface area contributed by atoms with E-state index < -0.39 is 6.17 Å². The molecule has 0 fully saturated rings. The molecule has 0 aliphatic heterocycles. The zero-order valence-corrected chi connectivity index (χ0v) is 5.96. The van der Waals surface area contributed by atoms with Gasteiger partial charge in [0.05, 0.1) is 0 Å². The van der Waals surface area contributed by atoms with Gasteiger partial charge >= 0.3 is 0 Å². The molecule has 0 aromatic heterocycles. The maximum absolute atomic E-state index is 10.6. The van der Waals surface area contributed by atoms with Crippen LogP contribution in [0.2, 0.25) is 0 Å². The average Bonchev–Trinajstić information content (AvgIpc) is 1.82. The first kappa shape index (κ1) is 9.26. The van der Waals surface area contributed by atoms with Gasteiger partial charge in [0, 0.05) is 12.8 Å². The molecule has 0 atom stereocenters. The molecule has 0 rings (SSSR count). The third kappa shape index (κ3) is 4.17. The Morgan fingerprint density at radius 2 is 1.80 bits per heavy atom. The van der Waals surface area contributed by atoms with Crippen molar-refractivity contribution in [1.82, 2.24) is 0 Å². The maximum atomic E-state index is 10.6. The molecule has 0 radical (unpaired) electrons. The lowest BCUT2D eigenvalue weighted by Gasteiger charge is -2.00. The Bertz CT molecular complexity index is 143. The Balaban J connectivity index is 3.50. The van der Waals surface area contributed by atoms with E-state index in [0.29, 0.717) is 0 Å². The molecule has 4 N–H and O–H groups in total. The molecule has 0 aromatic rings. The zero-order valence-electron chi connectivity index (χ0n) is 5.96.